The minimum Gasteiger partial charge on any atom is -0.465 e. The number of methoxy groups -OCH3 is 1. The summed E-state index contributed by atoms with van der Waals surface area (Å²) in [6.45, 7) is 10.6. The fourth-order valence-electron chi connectivity index (χ4n) is 2.87. The number of piperidine rings is 1. The molecule has 1 aliphatic rings. The van der Waals surface area contributed by atoms with Gasteiger partial charge in [0.05, 0.1) is 6.61 Å². The normalized spacial score (nSPS) is 20.6. The molecule has 0 bridgehead atoms. The summed E-state index contributed by atoms with van der Waals surface area (Å²) in [6, 6.07) is 0. The van der Waals surface area contributed by atoms with Gasteiger partial charge in [-0.1, -0.05) is 6.92 Å². The van der Waals surface area contributed by atoms with E-state index in [0.717, 1.165) is 39.1 Å². The Morgan fingerprint density at radius 1 is 1.35 bits per heavy atom. The van der Waals surface area contributed by atoms with E-state index >= 15 is 0 Å². The third kappa shape index (κ3) is 5.04. The van der Waals surface area contributed by atoms with Crippen molar-refractivity contribution in [3.8, 4) is 0 Å². The zero-order chi connectivity index (χ0) is 15.0. The highest BCUT2D eigenvalue weighted by molar-refractivity contribution is 5.80. The Labute approximate surface area is 123 Å². The van der Waals surface area contributed by atoms with Crippen LogP contribution in [-0.2, 0) is 14.3 Å². The second-order valence-corrected chi connectivity index (χ2v) is 5.76. The quantitative estimate of drug-likeness (QED) is 0.681. The van der Waals surface area contributed by atoms with E-state index in [1.165, 1.54) is 0 Å². The average molecular weight is 286 g/mol. The molecule has 1 atom stereocenters. The Balaban J connectivity index is 2.52. The monoisotopic (exact) mass is 286 g/mol. The van der Waals surface area contributed by atoms with Crippen LogP contribution in [0.3, 0.4) is 0 Å². The molecule has 0 aromatic rings. The van der Waals surface area contributed by atoms with Crippen molar-refractivity contribution in [3.63, 3.8) is 0 Å². The summed E-state index contributed by atoms with van der Waals surface area (Å²) < 4.78 is 10.4. The maximum Gasteiger partial charge on any atom is 0.327 e. The van der Waals surface area contributed by atoms with E-state index in [1.54, 1.807) is 7.11 Å². The number of likely N-dealkylation sites (N-methyl/N-ethyl adjacent to an activating group) is 1. The van der Waals surface area contributed by atoms with Gasteiger partial charge in [-0.05, 0) is 52.2 Å². The standard InChI is InChI=1S/C15H30N2O3/c1-5-16-15(3,14(18)20-6-2)12-17-9-7-13(8-10-17)11-19-4/h13,16H,5-12H2,1-4H3. The molecule has 0 aromatic heterocycles. The van der Waals surface area contributed by atoms with Crippen LogP contribution in [0.1, 0.15) is 33.6 Å². The van der Waals surface area contributed by atoms with E-state index < -0.39 is 5.54 Å². The van der Waals surface area contributed by atoms with Gasteiger partial charge in [0.2, 0.25) is 0 Å². The van der Waals surface area contributed by atoms with E-state index in [0.29, 0.717) is 19.1 Å². The first-order valence-electron chi connectivity index (χ1n) is 7.69. The molecule has 1 aliphatic heterocycles. The van der Waals surface area contributed by atoms with Crippen molar-refractivity contribution >= 4 is 5.97 Å². The lowest BCUT2D eigenvalue weighted by Gasteiger charge is -2.38. The van der Waals surface area contributed by atoms with E-state index in [1.807, 2.05) is 20.8 Å². The van der Waals surface area contributed by atoms with Crippen LogP contribution >= 0.6 is 0 Å². The number of nitrogens with one attached hydrogen (secondary N) is 1. The predicted octanol–water partition coefficient (Wildman–Crippen LogP) is 1.28. The van der Waals surface area contributed by atoms with Gasteiger partial charge in [-0.25, -0.2) is 0 Å². The lowest BCUT2D eigenvalue weighted by molar-refractivity contribution is -0.151. The van der Waals surface area contributed by atoms with Gasteiger partial charge in [0.25, 0.3) is 0 Å². The van der Waals surface area contributed by atoms with Crippen LogP contribution in [0.25, 0.3) is 0 Å². The molecule has 118 valence electrons. The fraction of sp³-hybridized carbons (Fsp3) is 0.933. The zero-order valence-corrected chi connectivity index (χ0v) is 13.4. The van der Waals surface area contributed by atoms with Crippen molar-refractivity contribution in [2.45, 2.75) is 39.2 Å². The minimum absolute atomic E-state index is 0.152. The lowest BCUT2D eigenvalue weighted by Crippen LogP contribution is -2.58. The first-order chi connectivity index (χ1) is 9.55. The van der Waals surface area contributed by atoms with Crippen molar-refractivity contribution < 1.29 is 14.3 Å². The van der Waals surface area contributed by atoms with Crippen LogP contribution in [0.2, 0.25) is 0 Å². The number of hydrogen-bond donors (Lipinski definition) is 1. The highest BCUT2D eigenvalue weighted by atomic mass is 16.5. The summed E-state index contributed by atoms with van der Waals surface area (Å²) in [4.78, 5) is 14.5. The Hall–Kier alpha value is -0.650. The molecule has 1 rings (SSSR count). The van der Waals surface area contributed by atoms with Gasteiger partial charge in [-0.2, -0.15) is 0 Å². The van der Waals surface area contributed by atoms with Crippen LogP contribution < -0.4 is 5.32 Å². The number of likely N-dealkylation sites (tertiary alicyclic amines) is 1. The first kappa shape index (κ1) is 17.4. The van der Waals surface area contributed by atoms with Gasteiger partial charge in [-0.15, -0.1) is 0 Å². The molecule has 20 heavy (non-hydrogen) atoms. The molecule has 0 aliphatic carbocycles. The Bertz CT molecular complexity index is 291. The Kier molecular flexibility index (Phi) is 7.48. The van der Waals surface area contributed by atoms with Crippen LogP contribution in [0, 0.1) is 5.92 Å². The molecule has 5 heteroatoms. The second-order valence-electron chi connectivity index (χ2n) is 5.76. The molecule has 1 saturated heterocycles. The summed E-state index contributed by atoms with van der Waals surface area (Å²) >= 11 is 0. The summed E-state index contributed by atoms with van der Waals surface area (Å²) in [7, 11) is 1.76. The molecule has 1 heterocycles. The van der Waals surface area contributed by atoms with Crippen LogP contribution in [0.4, 0.5) is 0 Å². The topological polar surface area (TPSA) is 50.8 Å². The molecular formula is C15H30N2O3. The number of ether oxygens (including phenoxy) is 2. The van der Waals surface area contributed by atoms with E-state index in [2.05, 4.69) is 10.2 Å². The van der Waals surface area contributed by atoms with Crippen molar-refractivity contribution in [1.82, 2.24) is 10.2 Å². The third-order valence-electron chi connectivity index (χ3n) is 3.94. The molecule has 1 unspecified atom stereocenters. The number of hydrogen-bond acceptors (Lipinski definition) is 5. The van der Waals surface area contributed by atoms with Crippen LogP contribution in [-0.4, -0.2) is 62.9 Å². The number of carbonyl (C=O) groups excluding carboxylic acids is 1. The first-order valence-corrected chi connectivity index (χ1v) is 7.69. The van der Waals surface area contributed by atoms with Crippen molar-refractivity contribution in [1.29, 1.82) is 0 Å². The molecule has 5 nitrogen and oxygen atoms in total. The molecular weight excluding hydrogens is 256 g/mol. The third-order valence-corrected chi connectivity index (χ3v) is 3.94. The fourth-order valence-corrected chi connectivity index (χ4v) is 2.87. The van der Waals surface area contributed by atoms with Crippen molar-refractivity contribution in [2.75, 3.05) is 46.5 Å². The molecule has 0 aromatic carbocycles. The Morgan fingerprint density at radius 2 is 2.00 bits per heavy atom. The summed E-state index contributed by atoms with van der Waals surface area (Å²) in [5, 5.41) is 3.29. The number of esters is 1. The predicted molar refractivity (Wildman–Crippen MR) is 79.8 cm³/mol. The smallest absolute Gasteiger partial charge is 0.327 e. The second kappa shape index (κ2) is 8.60. The average Bonchev–Trinajstić information content (AvgIpc) is 2.42. The van der Waals surface area contributed by atoms with E-state index in [4.69, 9.17) is 9.47 Å². The number of nitrogens with zero attached hydrogens (tertiary/aromatic N) is 1. The number of carbonyl (C=O) groups is 1. The highest BCUT2D eigenvalue weighted by Gasteiger charge is 2.36. The number of rotatable bonds is 8. The van der Waals surface area contributed by atoms with Gasteiger partial charge < -0.3 is 19.7 Å². The molecule has 1 fully saturated rings. The summed E-state index contributed by atoms with van der Waals surface area (Å²) in [5.41, 5.74) is -0.612. The minimum atomic E-state index is -0.612. The molecule has 1 N–H and O–H groups in total. The molecule has 0 spiro atoms. The largest absolute Gasteiger partial charge is 0.465 e. The SMILES string of the molecule is CCNC(C)(CN1CCC(COC)CC1)C(=O)OCC. The maximum absolute atomic E-state index is 12.2. The van der Waals surface area contributed by atoms with Gasteiger partial charge >= 0.3 is 5.97 Å². The van der Waals surface area contributed by atoms with Crippen molar-refractivity contribution in [2.24, 2.45) is 5.92 Å². The van der Waals surface area contributed by atoms with Gasteiger partial charge in [0, 0.05) is 20.3 Å². The summed E-state index contributed by atoms with van der Waals surface area (Å²) in [5.74, 6) is 0.505. The van der Waals surface area contributed by atoms with E-state index in [-0.39, 0.29) is 5.97 Å². The van der Waals surface area contributed by atoms with Gasteiger partial charge in [-0.3, -0.25) is 4.79 Å². The van der Waals surface area contributed by atoms with Gasteiger partial charge in [0.1, 0.15) is 5.54 Å². The van der Waals surface area contributed by atoms with Crippen LogP contribution in [0.5, 0.6) is 0 Å². The molecule has 0 radical (unpaired) electrons. The molecule has 0 amide bonds. The molecule has 0 saturated carbocycles. The summed E-state index contributed by atoms with van der Waals surface area (Å²) in [6.07, 6.45) is 2.28. The lowest BCUT2D eigenvalue weighted by atomic mass is 9.95. The Morgan fingerprint density at radius 3 is 2.50 bits per heavy atom. The highest BCUT2D eigenvalue weighted by Crippen LogP contribution is 2.20. The van der Waals surface area contributed by atoms with Gasteiger partial charge in [0.15, 0.2) is 0 Å². The maximum atomic E-state index is 12.2. The zero-order valence-electron chi connectivity index (χ0n) is 13.4. The van der Waals surface area contributed by atoms with E-state index in [9.17, 15) is 4.79 Å². The van der Waals surface area contributed by atoms with Crippen molar-refractivity contribution in [3.05, 3.63) is 0 Å². The van der Waals surface area contributed by atoms with Crippen LogP contribution in [0.15, 0.2) is 0 Å².